The molecule has 0 aliphatic carbocycles. The zero-order chi connectivity index (χ0) is 12.8. The van der Waals surface area contributed by atoms with Crippen LogP contribution in [0.5, 0.6) is 0 Å². The fraction of sp³-hybridized carbons (Fsp3) is 0.286. The van der Waals surface area contributed by atoms with E-state index in [0.29, 0.717) is 0 Å². The Kier molecular flexibility index (Phi) is 4.25. The van der Waals surface area contributed by atoms with Crippen molar-refractivity contribution in [3.05, 3.63) is 63.8 Å². The summed E-state index contributed by atoms with van der Waals surface area (Å²) in [4.78, 5) is 17.6. The van der Waals surface area contributed by atoms with E-state index in [1.54, 1.807) is 12.3 Å². The van der Waals surface area contributed by atoms with E-state index in [0.717, 1.165) is 25.1 Å². The normalized spacial score (nSPS) is 10.5. The van der Waals surface area contributed by atoms with Crippen molar-refractivity contribution in [1.29, 1.82) is 0 Å². The second-order valence-electron chi connectivity index (χ2n) is 4.29. The maximum Gasteiger partial charge on any atom is 0.247 e. The highest BCUT2D eigenvalue weighted by atomic mass is 16.1. The Morgan fingerprint density at radius 2 is 2.22 bits per heavy atom. The summed E-state index contributed by atoms with van der Waals surface area (Å²) in [5.41, 5.74) is 3.56. The van der Waals surface area contributed by atoms with Gasteiger partial charge in [-0.2, -0.15) is 0 Å². The number of aromatic amines is 1. The number of pyridine rings is 2. The number of H-pyrrole nitrogens is 1. The molecule has 0 unspecified atom stereocenters. The molecule has 0 aliphatic heterocycles. The molecule has 0 aromatic carbocycles. The molecule has 0 atom stereocenters. The average molecular weight is 243 g/mol. The summed E-state index contributed by atoms with van der Waals surface area (Å²) in [5, 5.41) is 3.35. The first-order chi connectivity index (χ1) is 8.75. The molecule has 0 fully saturated rings. The monoisotopic (exact) mass is 243 g/mol. The molecule has 2 heterocycles. The first-order valence-corrected chi connectivity index (χ1v) is 6.03. The number of nitrogens with one attached hydrogen (secondary N) is 2. The van der Waals surface area contributed by atoms with Crippen molar-refractivity contribution in [2.24, 2.45) is 0 Å². The summed E-state index contributed by atoms with van der Waals surface area (Å²) < 4.78 is 0. The molecule has 2 N–H and O–H groups in total. The van der Waals surface area contributed by atoms with E-state index in [1.807, 2.05) is 18.5 Å². The van der Waals surface area contributed by atoms with Crippen molar-refractivity contribution >= 4 is 0 Å². The summed E-state index contributed by atoms with van der Waals surface area (Å²) in [7, 11) is 0. The second-order valence-corrected chi connectivity index (χ2v) is 4.29. The van der Waals surface area contributed by atoms with Crippen molar-refractivity contribution in [2.75, 3.05) is 6.54 Å². The zero-order valence-electron chi connectivity index (χ0n) is 10.4. The maximum absolute atomic E-state index is 10.9. The standard InChI is InChI=1S/C14H17N3O/c1-11-8-15-6-4-13(11)5-7-16-9-12-2-3-14(18)17-10-12/h2-4,6,8,10,16H,5,7,9H2,1H3,(H,17,18). The zero-order valence-corrected chi connectivity index (χ0v) is 10.4. The van der Waals surface area contributed by atoms with Gasteiger partial charge in [0.2, 0.25) is 5.56 Å². The quantitative estimate of drug-likeness (QED) is 0.781. The maximum atomic E-state index is 10.9. The molecule has 0 bridgehead atoms. The van der Waals surface area contributed by atoms with E-state index in [-0.39, 0.29) is 5.56 Å². The van der Waals surface area contributed by atoms with E-state index < -0.39 is 0 Å². The topological polar surface area (TPSA) is 57.8 Å². The third-order valence-electron chi connectivity index (χ3n) is 2.89. The minimum absolute atomic E-state index is 0.0637. The van der Waals surface area contributed by atoms with Gasteiger partial charge in [-0.05, 0) is 42.6 Å². The largest absolute Gasteiger partial charge is 0.329 e. The van der Waals surface area contributed by atoms with Crippen LogP contribution in [0, 0.1) is 6.92 Å². The first-order valence-electron chi connectivity index (χ1n) is 6.03. The first kappa shape index (κ1) is 12.5. The van der Waals surface area contributed by atoms with E-state index in [2.05, 4.69) is 28.3 Å². The summed E-state index contributed by atoms with van der Waals surface area (Å²) in [6.45, 7) is 3.75. The molecule has 0 radical (unpaired) electrons. The lowest BCUT2D eigenvalue weighted by Gasteiger charge is -2.06. The van der Waals surface area contributed by atoms with Gasteiger partial charge in [-0.1, -0.05) is 6.07 Å². The molecule has 4 heteroatoms. The van der Waals surface area contributed by atoms with Crippen molar-refractivity contribution in [3.63, 3.8) is 0 Å². The van der Waals surface area contributed by atoms with Crippen LogP contribution >= 0.6 is 0 Å². The molecule has 0 saturated carbocycles. The van der Waals surface area contributed by atoms with E-state index >= 15 is 0 Å². The molecule has 0 aliphatic rings. The average Bonchev–Trinajstić information content (AvgIpc) is 2.39. The smallest absolute Gasteiger partial charge is 0.247 e. The summed E-state index contributed by atoms with van der Waals surface area (Å²) >= 11 is 0. The second kappa shape index (κ2) is 6.12. The van der Waals surface area contributed by atoms with Gasteiger partial charge in [-0.15, -0.1) is 0 Å². The molecule has 0 saturated heterocycles. The Bertz CT molecular complexity index is 542. The van der Waals surface area contributed by atoms with Crippen LogP contribution in [0.3, 0.4) is 0 Å². The van der Waals surface area contributed by atoms with Crippen LogP contribution in [-0.2, 0) is 13.0 Å². The Balaban J connectivity index is 1.78. The van der Waals surface area contributed by atoms with Crippen molar-refractivity contribution in [1.82, 2.24) is 15.3 Å². The SMILES string of the molecule is Cc1cnccc1CCNCc1ccc(=O)[nH]c1. The van der Waals surface area contributed by atoms with Gasteiger partial charge in [0.25, 0.3) is 0 Å². The van der Waals surface area contributed by atoms with Gasteiger partial charge in [0.1, 0.15) is 0 Å². The van der Waals surface area contributed by atoms with E-state index in [1.165, 1.54) is 11.1 Å². The number of hydrogen-bond donors (Lipinski definition) is 2. The predicted molar refractivity (Wildman–Crippen MR) is 71.4 cm³/mol. The van der Waals surface area contributed by atoms with Gasteiger partial charge >= 0.3 is 0 Å². The van der Waals surface area contributed by atoms with Crippen LogP contribution in [0.25, 0.3) is 0 Å². The van der Waals surface area contributed by atoms with E-state index in [4.69, 9.17) is 0 Å². The Hall–Kier alpha value is -1.94. The number of rotatable bonds is 5. The molecular weight excluding hydrogens is 226 g/mol. The molecule has 18 heavy (non-hydrogen) atoms. The summed E-state index contributed by atoms with van der Waals surface area (Å²) in [5.74, 6) is 0. The molecule has 0 amide bonds. The lowest BCUT2D eigenvalue weighted by molar-refractivity contribution is 0.683. The third-order valence-corrected chi connectivity index (χ3v) is 2.89. The fourth-order valence-corrected chi connectivity index (χ4v) is 1.79. The van der Waals surface area contributed by atoms with Gasteiger partial charge in [-0.3, -0.25) is 9.78 Å². The van der Waals surface area contributed by atoms with Crippen molar-refractivity contribution in [2.45, 2.75) is 19.9 Å². The molecule has 4 nitrogen and oxygen atoms in total. The van der Waals surface area contributed by atoms with Gasteiger partial charge < -0.3 is 10.3 Å². The van der Waals surface area contributed by atoms with Crippen molar-refractivity contribution < 1.29 is 0 Å². The van der Waals surface area contributed by atoms with Crippen LogP contribution in [-0.4, -0.2) is 16.5 Å². The number of aromatic nitrogens is 2. The van der Waals surface area contributed by atoms with Gasteiger partial charge in [0.05, 0.1) is 0 Å². The molecule has 2 rings (SSSR count). The molecule has 2 aromatic heterocycles. The highest BCUT2D eigenvalue weighted by Gasteiger charge is 1.97. The third kappa shape index (κ3) is 3.53. The van der Waals surface area contributed by atoms with Gasteiger partial charge in [-0.25, -0.2) is 0 Å². The number of aryl methyl sites for hydroxylation is 1. The highest BCUT2D eigenvalue weighted by Crippen LogP contribution is 2.05. The summed E-state index contributed by atoms with van der Waals surface area (Å²) in [6.07, 6.45) is 6.44. The summed E-state index contributed by atoms with van der Waals surface area (Å²) in [6, 6.07) is 5.44. The van der Waals surface area contributed by atoms with Crippen LogP contribution in [0.4, 0.5) is 0 Å². The van der Waals surface area contributed by atoms with Crippen LogP contribution in [0.2, 0.25) is 0 Å². The Morgan fingerprint density at radius 3 is 2.94 bits per heavy atom. The minimum Gasteiger partial charge on any atom is -0.329 e. The van der Waals surface area contributed by atoms with E-state index in [9.17, 15) is 4.79 Å². The number of nitrogens with zero attached hydrogens (tertiary/aromatic N) is 1. The molecule has 94 valence electrons. The fourth-order valence-electron chi connectivity index (χ4n) is 1.79. The van der Waals surface area contributed by atoms with Gasteiger partial charge in [0, 0.05) is 31.2 Å². The van der Waals surface area contributed by atoms with Crippen LogP contribution in [0.15, 0.2) is 41.6 Å². The van der Waals surface area contributed by atoms with Crippen molar-refractivity contribution in [3.8, 4) is 0 Å². The van der Waals surface area contributed by atoms with Crippen LogP contribution in [0.1, 0.15) is 16.7 Å². The Morgan fingerprint density at radius 1 is 1.33 bits per heavy atom. The van der Waals surface area contributed by atoms with Gasteiger partial charge in [0.15, 0.2) is 0 Å². The molecule has 0 spiro atoms. The lowest BCUT2D eigenvalue weighted by Crippen LogP contribution is -2.18. The molecule has 2 aromatic rings. The Labute approximate surface area is 106 Å². The van der Waals surface area contributed by atoms with Crippen LogP contribution < -0.4 is 10.9 Å². The molecular formula is C14H17N3O. The number of hydrogen-bond acceptors (Lipinski definition) is 3. The highest BCUT2D eigenvalue weighted by molar-refractivity contribution is 5.21. The minimum atomic E-state index is -0.0637. The lowest BCUT2D eigenvalue weighted by atomic mass is 10.1. The predicted octanol–water partition coefficient (Wildman–Crippen LogP) is 1.41.